The lowest BCUT2D eigenvalue weighted by atomic mass is 10.3. The predicted octanol–water partition coefficient (Wildman–Crippen LogP) is -0.562. The molecule has 1 unspecified atom stereocenters. The standard InChI is InChI=1S/C6H13NO2/c1-4(6(8)9)7-5-2-3-5/h4-9H,2-3H2,1H3. The Morgan fingerprint density at radius 2 is 2.00 bits per heavy atom. The van der Waals surface area contributed by atoms with E-state index in [9.17, 15) is 0 Å². The molecule has 1 aliphatic rings. The third-order valence-corrected chi connectivity index (χ3v) is 1.52. The molecule has 1 saturated carbocycles. The summed E-state index contributed by atoms with van der Waals surface area (Å²) in [6.45, 7) is 1.77. The summed E-state index contributed by atoms with van der Waals surface area (Å²) >= 11 is 0. The van der Waals surface area contributed by atoms with Gasteiger partial charge in [0, 0.05) is 6.04 Å². The second kappa shape index (κ2) is 2.64. The number of rotatable bonds is 3. The molecular weight excluding hydrogens is 118 g/mol. The number of hydrogen-bond donors (Lipinski definition) is 3. The van der Waals surface area contributed by atoms with Crippen molar-refractivity contribution in [2.75, 3.05) is 0 Å². The van der Waals surface area contributed by atoms with Crippen LogP contribution >= 0.6 is 0 Å². The SMILES string of the molecule is CC(NC1CC1)C(O)O. The average Bonchev–Trinajstić information content (AvgIpc) is 2.50. The first-order chi connectivity index (χ1) is 4.20. The Morgan fingerprint density at radius 1 is 1.44 bits per heavy atom. The maximum Gasteiger partial charge on any atom is 0.166 e. The summed E-state index contributed by atoms with van der Waals surface area (Å²) in [4.78, 5) is 0. The molecule has 0 amide bonds. The van der Waals surface area contributed by atoms with Crippen LogP contribution in [0.1, 0.15) is 19.8 Å². The molecule has 1 rings (SSSR count). The van der Waals surface area contributed by atoms with E-state index in [4.69, 9.17) is 10.2 Å². The molecule has 0 radical (unpaired) electrons. The van der Waals surface area contributed by atoms with Crippen LogP contribution in [-0.2, 0) is 0 Å². The van der Waals surface area contributed by atoms with Crippen molar-refractivity contribution < 1.29 is 10.2 Å². The van der Waals surface area contributed by atoms with Crippen LogP contribution in [0.3, 0.4) is 0 Å². The maximum absolute atomic E-state index is 8.59. The van der Waals surface area contributed by atoms with E-state index in [2.05, 4.69) is 5.32 Å². The van der Waals surface area contributed by atoms with Crippen LogP contribution in [0, 0.1) is 0 Å². The Kier molecular flexibility index (Phi) is 2.05. The number of nitrogens with one attached hydrogen (secondary N) is 1. The highest BCUT2D eigenvalue weighted by Crippen LogP contribution is 2.19. The van der Waals surface area contributed by atoms with E-state index in [-0.39, 0.29) is 6.04 Å². The highest BCUT2D eigenvalue weighted by molar-refractivity contribution is 4.83. The van der Waals surface area contributed by atoms with Gasteiger partial charge in [-0.15, -0.1) is 0 Å². The molecule has 54 valence electrons. The van der Waals surface area contributed by atoms with Crippen LogP contribution in [0.25, 0.3) is 0 Å². The Labute approximate surface area is 54.7 Å². The van der Waals surface area contributed by atoms with Gasteiger partial charge < -0.3 is 15.5 Å². The van der Waals surface area contributed by atoms with Crippen molar-refractivity contribution in [3.63, 3.8) is 0 Å². The van der Waals surface area contributed by atoms with Gasteiger partial charge in [0.05, 0.1) is 6.04 Å². The highest BCUT2D eigenvalue weighted by Gasteiger charge is 2.24. The van der Waals surface area contributed by atoms with E-state index in [0.717, 1.165) is 0 Å². The number of hydrogen-bond acceptors (Lipinski definition) is 3. The van der Waals surface area contributed by atoms with Crippen molar-refractivity contribution in [3.8, 4) is 0 Å². The normalized spacial score (nSPS) is 22.7. The van der Waals surface area contributed by atoms with Gasteiger partial charge in [-0.3, -0.25) is 0 Å². The molecule has 1 atom stereocenters. The first-order valence-electron chi connectivity index (χ1n) is 3.32. The summed E-state index contributed by atoms with van der Waals surface area (Å²) in [6, 6.07) is 0.360. The molecule has 1 fully saturated rings. The quantitative estimate of drug-likeness (QED) is 0.450. The fourth-order valence-corrected chi connectivity index (χ4v) is 0.708. The second-order valence-corrected chi connectivity index (χ2v) is 2.64. The van der Waals surface area contributed by atoms with Gasteiger partial charge in [0.2, 0.25) is 0 Å². The van der Waals surface area contributed by atoms with Gasteiger partial charge in [-0.25, -0.2) is 0 Å². The van der Waals surface area contributed by atoms with Crippen molar-refractivity contribution in [3.05, 3.63) is 0 Å². The Morgan fingerprint density at radius 3 is 2.33 bits per heavy atom. The van der Waals surface area contributed by atoms with E-state index < -0.39 is 6.29 Å². The Bertz CT molecular complexity index is 91.1. The summed E-state index contributed by atoms with van der Waals surface area (Å²) in [5, 5.41) is 20.2. The smallest absolute Gasteiger partial charge is 0.166 e. The Hall–Kier alpha value is -0.120. The highest BCUT2D eigenvalue weighted by atomic mass is 16.5. The molecule has 3 N–H and O–H groups in total. The zero-order valence-corrected chi connectivity index (χ0v) is 5.54. The fourth-order valence-electron chi connectivity index (χ4n) is 0.708. The predicted molar refractivity (Wildman–Crippen MR) is 33.8 cm³/mol. The largest absolute Gasteiger partial charge is 0.367 e. The molecule has 3 heteroatoms. The van der Waals surface area contributed by atoms with Crippen LogP contribution in [0.2, 0.25) is 0 Å². The lowest BCUT2D eigenvalue weighted by molar-refractivity contribution is -0.0628. The van der Waals surface area contributed by atoms with Crippen LogP contribution < -0.4 is 5.32 Å². The molecule has 1 aliphatic carbocycles. The lowest BCUT2D eigenvalue weighted by Crippen LogP contribution is -2.38. The first-order valence-corrected chi connectivity index (χ1v) is 3.32. The molecule has 0 heterocycles. The molecule has 0 saturated heterocycles. The van der Waals surface area contributed by atoms with Gasteiger partial charge in [0.25, 0.3) is 0 Å². The van der Waals surface area contributed by atoms with Crippen molar-refractivity contribution in [1.29, 1.82) is 0 Å². The molecule has 9 heavy (non-hydrogen) atoms. The molecule has 0 aromatic rings. The zero-order chi connectivity index (χ0) is 6.85. The van der Waals surface area contributed by atoms with Crippen molar-refractivity contribution in [1.82, 2.24) is 5.32 Å². The van der Waals surface area contributed by atoms with E-state index in [1.165, 1.54) is 12.8 Å². The molecule has 0 aromatic carbocycles. The zero-order valence-electron chi connectivity index (χ0n) is 5.54. The fraction of sp³-hybridized carbons (Fsp3) is 1.00. The van der Waals surface area contributed by atoms with Gasteiger partial charge in [-0.2, -0.15) is 0 Å². The van der Waals surface area contributed by atoms with Crippen LogP contribution in [0.4, 0.5) is 0 Å². The maximum atomic E-state index is 8.59. The van der Waals surface area contributed by atoms with Crippen molar-refractivity contribution in [2.45, 2.75) is 38.1 Å². The minimum atomic E-state index is -1.22. The molecule has 0 aliphatic heterocycles. The van der Waals surface area contributed by atoms with Gasteiger partial charge in [0.1, 0.15) is 0 Å². The van der Waals surface area contributed by atoms with Gasteiger partial charge >= 0.3 is 0 Å². The molecule has 0 spiro atoms. The van der Waals surface area contributed by atoms with E-state index in [1.54, 1.807) is 6.92 Å². The summed E-state index contributed by atoms with van der Waals surface area (Å²) < 4.78 is 0. The van der Waals surface area contributed by atoms with E-state index in [1.807, 2.05) is 0 Å². The molecule has 0 aromatic heterocycles. The van der Waals surface area contributed by atoms with Crippen molar-refractivity contribution in [2.24, 2.45) is 0 Å². The van der Waals surface area contributed by atoms with E-state index in [0.29, 0.717) is 6.04 Å². The first kappa shape index (κ1) is 6.99. The van der Waals surface area contributed by atoms with E-state index >= 15 is 0 Å². The second-order valence-electron chi connectivity index (χ2n) is 2.64. The number of aliphatic hydroxyl groups excluding tert-OH is 1. The number of aliphatic hydroxyl groups is 2. The average molecular weight is 131 g/mol. The third kappa shape index (κ3) is 2.30. The Balaban J connectivity index is 2.09. The summed E-state index contributed by atoms with van der Waals surface area (Å²) in [5.74, 6) is 0. The monoisotopic (exact) mass is 131 g/mol. The molecular formula is C6H13NO2. The van der Waals surface area contributed by atoms with Crippen LogP contribution in [-0.4, -0.2) is 28.6 Å². The third-order valence-electron chi connectivity index (χ3n) is 1.52. The van der Waals surface area contributed by atoms with Gasteiger partial charge in [0.15, 0.2) is 6.29 Å². The van der Waals surface area contributed by atoms with Crippen LogP contribution in [0.5, 0.6) is 0 Å². The molecule has 3 nitrogen and oxygen atoms in total. The lowest BCUT2D eigenvalue weighted by Gasteiger charge is -2.14. The van der Waals surface area contributed by atoms with Crippen LogP contribution in [0.15, 0.2) is 0 Å². The van der Waals surface area contributed by atoms with Crippen molar-refractivity contribution >= 4 is 0 Å². The summed E-state index contributed by atoms with van der Waals surface area (Å²) in [7, 11) is 0. The molecule has 0 bridgehead atoms. The van der Waals surface area contributed by atoms with Gasteiger partial charge in [-0.05, 0) is 19.8 Å². The minimum Gasteiger partial charge on any atom is -0.367 e. The summed E-state index contributed by atoms with van der Waals surface area (Å²) in [6.07, 6.45) is 1.14. The van der Waals surface area contributed by atoms with Gasteiger partial charge in [-0.1, -0.05) is 0 Å². The topological polar surface area (TPSA) is 52.5 Å². The summed E-state index contributed by atoms with van der Waals surface area (Å²) in [5.41, 5.74) is 0. The minimum absolute atomic E-state index is 0.183.